The summed E-state index contributed by atoms with van der Waals surface area (Å²) in [6.07, 6.45) is 1.81. The van der Waals surface area contributed by atoms with Crippen LogP contribution in [-0.2, 0) is 6.61 Å². The first-order valence-corrected chi connectivity index (χ1v) is 6.27. The molecule has 0 aliphatic heterocycles. The van der Waals surface area contributed by atoms with Gasteiger partial charge in [-0.05, 0) is 48.9 Å². The molecule has 4 heteroatoms. The third-order valence-corrected chi connectivity index (χ3v) is 3.45. The molecule has 0 fully saturated rings. The van der Waals surface area contributed by atoms with E-state index in [1.807, 2.05) is 17.7 Å². The van der Waals surface area contributed by atoms with Crippen LogP contribution in [0.2, 0.25) is 0 Å². The average Bonchev–Trinajstić information content (AvgIpc) is 2.80. The molecule has 3 rings (SSSR count). The van der Waals surface area contributed by atoms with Crippen LogP contribution < -0.4 is 0 Å². The number of fused-ring (bicyclic) bond motifs is 1. The highest BCUT2D eigenvalue weighted by atomic mass is 19.1. The van der Waals surface area contributed by atoms with Crippen molar-refractivity contribution in [2.45, 2.75) is 13.5 Å². The fourth-order valence-electron chi connectivity index (χ4n) is 2.42. The molecule has 20 heavy (non-hydrogen) atoms. The largest absolute Gasteiger partial charge is 0.392 e. The van der Waals surface area contributed by atoms with Gasteiger partial charge in [0.15, 0.2) is 0 Å². The van der Waals surface area contributed by atoms with Gasteiger partial charge >= 0.3 is 0 Å². The summed E-state index contributed by atoms with van der Waals surface area (Å²) in [6, 6.07) is 9.35. The molecule has 0 unspecified atom stereocenters. The van der Waals surface area contributed by atoms with Gasteiger partial charge in [-0.3, -0.25) is 0 Å². The normalized spacial score (nSPS) is 11.2. The van der Waals surface area contributed by atoms with E-state index >= 15 is 0 Å². The Morgan fingerprint density at radius 2 is 1.90 bits per heavy atom. The molecule has 3 aromatic rings. The molecule has 0 radical (unpaired) electrons. The second kappa shape index (κ2) is 4.72. The molecule has 0 atom stereocenters. The summed E-state index contributed by atoms with van der Waals surface area (Å²) in [6.45, 7) is 1.47. The highest BCUT2D eigenvalue weighted by Gasteiger charge is 2.10. The maximum atomic E-state index is 13.6. The topological polar surface area (TPSA) is 25.2 Å². The first-order valence-electron chi connectivity index (χ1n) is 6.27. The number of rotatable bonds is 2. The first kappa shape index (κ1) is 12.8. The molecule has 0 amide bonds. The fraction of sp³-hybridized carbons (Fsp3) is 0.125. The van der Waals surface area contributed by atoms with Crippen molar-refractivity contribution < 1.29 is 13.9 Å². The summed E-state index contributed by atoms with van der Waals surface area (Å²) in [5.41, 5.74) is 2.65. The number of nitrogens with zero attached hydrogens (tertiary/aromatic N) is 1. The Bertz CT molecular complexity index is 793. The predicted octanol–water partition coefficient (Wildman–Crippen LogP) is 3.71. The van der Waals surface area contributed by atoms with Gasteiger partial charge in [-0.15, -0.1) is 0 Å². The maximum absolute atomic E-state index is 13.6. The van der Waals surface area contributed by atoms with Crippen LogP contribution >= 0.6 is 0 Å². The van der Waals surface area contributed by atoms with Crippen molar-refractivity contribution in [2.24, 2.45) is 0 Å². The molecular formula is C16H13F2NO. The van der Waals surface area contributed by atoms with Gasteiger partial charge < -0.3 is 9.67 Å². The van der Waals surface area contributed by atoms with Crippen molar-refractivity contribution in [2.75, 3.05) is 0 Å². The van der Waals surface area contributed by atoms with Crippen molar-refractivity contribution in [3.8, 4) is 5.69 Å². The number of aliphatic hydroxyl groups excluding tert-OH is 1. The van der Waals surface area contributed by atoms with E-state index in [9.17, 15) is 8.78 Å². The standard InChI is InChI=1S/C16H13F2NO/c1-10-6-13(17)2-3-15(10)19-5-4-11-7-14(18)12(9-20)8-16(11)19/h2-8,20H,9H2,1H3. The lowest BCUT2D eigenvalue weighted by Gasteiger charge is -2.10. The van der Waals surface area contributed by atoms with Crippen LogP contribution in [0, 0.1) is 18.6 Å². The molecule has 2 nitrogen and oxygen atoms in total. The van der Waals surface area contributed by atoms with Gasteiger partial charge in [0.2, 0.25) is 0 Å². The van der Waals surface area contributed by atoms with Gasteiger partial charge in [0.05, 0.1) is 12.1 Å². The zero-order valence-electron chi connectivity index (χ0n) is 10.9. The zero-order chi connectivity index (χ0) is 14.3. The van der Waals surface area contributed by atoms with E-state index in [1.165, 1.54) is 18.2 Å². The molecule has 0 bridgehead atoms. The van der Waals surface area contributed by atoms with Crippen molar-refractivity contribution in [3.05, 3.63) is 65.4 Å². The molecule has 1 aromatic heterocycles. The quantitative estimate of drug-likeness (QED) is 0.756. The van der Waals surface area contributed by atoms with Gasteiger partial charge in [-0.1, -0.05) is 0 Å². The van der Waals surface area contributed by atoms with Gasteiger partial charge in [0.25, 0.3) is 0 Å². The van der Waals surface area contributed by atoms with Crippen LogP contribution in [0.1, 0.15) is 11.1 Å². The van der Waals surface area contributed by atoms with Gasteiger partial charge in [0.1, 0.15) is 11.6 Å². The SMILES string of the molecule is Cc1cc(F)ccc1-n1ccc2cc(F)c(CO)cc21. The lowest BCUT2D eigenvalue weighted by atomic mass is 10.1. The number of halogens is 2. The highest BCUT2D eigenvalue weighted by Crippen LogP contribution is 2.25. The summed E-state index contributed by atoms with van der Waals surface area (Å²) >= 11 is 0. The summed E-state index contributed by atoms with van der Waals surface area (Å²) in [4.78, 5) is 0. The molecule has 102 valence electrons. The molecule has 2 aromatic carbocycles. The average molecular weight is 273 g/mol. The minimum Gasteiger partial charge on any atom is -0.392 e. The monoisotopic (exact) mass is 273 g/mol. The van der Waals surface area contributed by atoms with Gasteiger partial charge in [-0.25, -0.2) is 8.78 Å². The summed E-state index contributed by atoms with van der Waals surface area (Å²) in [5, 5.41) is 9.91. The van der Waals surface area contributed by atoms with E-state index in [1.54, 1.807) is 18.2 Å². The fourth-order valence-corrected chi connectivity index (χ4v) is 2.42. The van der Waals surface area contributed by atoms with Gasteiger partial charge in [0, 0.05) is 22.8 Å². The molecule has 1 heterocycles. The molecule has 0 aliphatic carbocycles. The Balaban J connectivity index is 2.26. The van der Waals surface area contributed by atoms with E-state index in [-0.39, 0.29) is 18.0 Å². The van der Waals surface area contributed by atoms with Crippen molar-refractivity contribution >= 4 is 10.9 Å². The van der Waals surface area contributed by atoms with Crippen LogP contribution in [0.15, 0.2) is 42.6 Å². The van der Waals surface area contributed by atoms with Crippen LogP contribution in [0.25, 0.3) is 16.6 Å². The van der Waals surface area contributed by atoms with Crippen molar-refractivity contribution in [3.63, 3.8) is 0 Å². The van der Waals surface area contributed by atoms with Crippen LogP contribution in [0.5, 0.6) is 0 Å². The van der Waals surface area contributed by atoms with E-state index in [2.05, 4.69) is 0 Å². The van der Waals surface area contributed by atoms with Gasteiger partial charge in [-0.2, -0.15) is 0 Å². The number of aryl methyl sites for hydroxylation is 1. The molecule has 0 saturated heterocycles. The minimum atomic E-state index is -0.423. The Morgan fingerprint density at radius 1 is 1.10 bits per heavy atom. The lowest BCUT2D eigenvalue weighted by molar-refractivity contribution is 0.276. The van der Waals surface area contributed by atoms with E-state index < -0.39 is 5.82 Å². The van der Waals surface area contributed by atoms with Crippen LogP contribution in [0.3, 0.4) is 0 Å². The Hall–Kier alpha value is -2.20. The predicted molar refractivity (Wildman–Crippen MR) is 73.9 cm³/mol. The Morgan fingerprint density at radius 3 is 2.60 bits per heavy atom. The lowest BCUT2D eigenvalue weighted by Crippen LogP contribution is -1.97. The zero-order valence-corrected chi connectivity index (χ0v) is 10.9. The second-order valence-corrected chi connectivity index (χ2v) is 4.78. The summed E-state index contributed by atoms with van der Waals surface area (Å²) in [7, 11) is 0. The minimum absolute atomic E-state index is 0.247. The number of aromatic nitrogens is 1. The number of benzene rings is 2. The molecule has 0 spiro atoms. The molecular weight excluding hydrogens is 260 g/mol. The number of aliphatic hydroxyl groups is 1. The van der Waals surface area contributed by atoms with E-state index in [4.69, 9.17) is 5.11 Å². The molecule has 0 aliphatic rings. The first-order chi connectivity index (χ1) is 9.60. The second-order valence-electron chi connectivity index (χ2n) is 4.78. The van der Waals surface area contributed by atoms with Crippen molar-refractivity contribution in [1.29, 1.82) is 0 Å². The van der Waals surface area contributed by atoms with Crippen molar-refractivity contribution in [1.82, 2.24) is 4.57 Å². The number of hydrogen-bond donors (Lipinski definition) is 1. The van der Waals surface area contributed by atoms with E-state index in [0.29, 0.717) is 0 Å². The Labute approximate surface area is 114 Å². The summed E-state index contributed by atoms with van der Waals surface area (Å²) in [5.74, 6) is -0.710. The Kier molecular flexibility index (Phi) is 3.03. The maximum Gasteiger partial charge on any atom is 0.129 e. The molecule has 1 N–H and O–H groups in total. The number of hydrogen-bond acceptors (Lipinski definition) is 1. The third kappa shape index (κ3) is 1.98. The van der Waals surface area contributed by atoms with Crippen LogP contribution in [-0.4, -0.2) is 9.67 Å². The smallest absolute Gasteiger partial charge is 0.129 e. The van der Waals surface area contributed by atoms with E-state index in [0.717, 1.165) is 22.2 Å². The van der Waals surface area contributed by atoms with Crippen LogP contribution in [0.4, 0.5) is 8.78 Å². The molecule has 0 saturated carbocycles. The summed E-state index contributed by atoms with van der Waals surface area (Å²) < 4.78 is 28.7. The highest BCUT2D eigenvalue weighted by molar-refractivity contribution is 5.83. The third-order valence-electron chi connectivity index (χ3n) is 3.45.